The Hall–Kier alpha value is -1.55. The molecular formula is C12H15NO3. The Morgan fingerprint density at radius 2 is 2.06 bits per heavy atom. The molecule has 1 unspecified atom stereocenters. The lowest BCUT2D eigenvalue weighted by atomic mass is 10.0. The number of carbonyl (C=O) groups is 1. The van der Waals surface area contributed by atoms with Gasteiger partial charge in [0.2, 0.25) is 0 Å². The van der Waals surface area contributed by atoms with Crippen LogP contribution in [0, 0.1) is 0 Å². The van der Waals surface area contributed by atoms with Crippen molar-refractivity contribution in [3.63, 3.8) is 0 Å². The molecule has 2 rings (SSSR count). The van der Waals surface area contributed by atoms with Gasteiger partial charge in [-0.3, -0.25) is 0 Å². The summed E-state index contributed by atoms with van der Waals surface area (Å²) in [5.41, 5.74) is 1.06. The second-order valence-electron chi connectivity index (χ2n) is 4.09. The van der Waals surface area contributed by atoms with Crippen molar-refractivity contribution in [1.29, 1.82) is 0 Å². The van der Waals surface area contributed by atoms with Gasteiger partial charge in [-0.1, -0.05) is 30.3 Å². The van der Waals surface area contributed by atoms with Gasteiger partial charge in [-0.15, -0.1) is 0 Å². The maximum atomic E-state index is 11.0. The number of carboxylic acid groups (broad SMARTS) is 1. The van der Waals surface area contributed by atoms with E-state index in [0.717, 1.165) is 5.56 Å². The van der Waals surface area contributed by atoms with E-state index in [0.29, 0.717) is 19.4 Å². The van der Waals surface area contributed by atoms with Crippen LogP contribution in [-0.2, 0) is 6.42 Å². The predicted octanol–water partition coefficient (Wildman–Crippen LogP) is 1.34. The highest BCUT2D eigenvalue weighted by Crippen LogP contribution is 2.21. The van der Waals surface area contributed by atoms with Crippen molar-refractivity contribution in [3.8, 4) is 0 Å². The molecule has 0 aliphatic carbocycles. The van der Waals surface area contributed by atoms with Gasteiger partial charge in [0.25, 0.3) is 0 Å². The first-order chi connectivity index (χ1) is 7.68. The first-order valence-electron chi connectivity index (χ1n) is 5.40. The fourth-order valence-corrected chi connectivity index (χ4v) is 2.18. The number of nitrogens with zero attached hydrogens (tertiary/aromatic N) is 1. The van der Waals surface area contributed by atoms with Crippen LogP contribution in [0.3, 0.4) is 0 Å². The Labute approximate surface area is 94.1 Å². The summed E-state index contributed by atoms with van der Waals surface area (Å²) in [6.07, 6.45) is -0.383. The van der Waals surface area contributed by atoms with Crippen LogP contribution in [0.4, 0.5) is 4.79 Å². The molecule has 16 heavy (non-hydrogen) atoms. The van der Waals surface area contributed by atoms with Crippen LogP contribution < -0.4 is 0 Å². The lowest BCUT2D eigenvalue weighted by Gasteiger charge is -2.23. The van der Waals surface area contributed by atoms with Crippen molar-refractivity contribution < 1.29 is 15.0 Å². The van der Waals surface area contributed by atoms with Crippen LogP contribution in [0.2, 0.25) is 0 Å². The second-order valence-corrected chi connectivity index (χ2v) is 4.09. The fourth-order valence-electron chi connectivity index (χ4n) is 2.18. The summed E-state index contributed by atoms with van der Waals surface area (Å²) in [5.74, 6) is 0. The quantitative estimate of drug-likeness (QED) is 0.792. The first kappa shape index (κ1) is 11.0. The highest BCUT2D eigenvalue weighted by molar-refractivity contribution is 5.66. The van der Waals surface area contributed by atoms with E-state index < -0.39 is 12.2 Å². The zero-order chi connectivity index (χ0) is 11.5. The summed E-state index contributed by atoms with van der Waals surface area (Å²) in [6.45, 7) is 0.425. The summed E-state index contributed by atoms with van der Waals surface area (Å²) < 4.78 is 0. The minimum absolute atomic E-state index is 0.306. The smallest absolute Gasteiger partial charge is 0.407 e. The Bertz CT molecular complexity index is 366. The summed E-state index contributed by atoms with van der Waals surface area (Å²) >= 11 is 0. The highest BCUT2D eigenvalue weighted by Gasteiger charge is 2.35. The molecule has 0 bridgehead atoms. The number of aliphatic hydroxyl groups excluding tert-OH is 1. The molecular weight excluding hydrogens is 206 g/mol. The van der Waals surface area contributed by atoms with Crippen molar-refractivity contribution in [2.75, 3.05) is 6.54 Å². The summed E-state index contributed by atoms with van der Waals surface area (Å²) in [6, 6.07) is 9.35. The molecule has 1 aliphatic heterocycles. The van der Waals surface area contributed by atoms with Crippen molar-refractivity contribution in [2.45, 2.75) is 25.0 Å². The van der Waals surface area contributed by atoms with Crippen LogP contribution in [0.25, 0.3) is 0 Å². The maximum absolute atomic E-state index is 11.0. The van der Waals surface area contributed by atoms with Crippen molar-refractivity contribution in [3.05, 3.63) is 35.9 Å². The average molecular weight is 221 g/mol. The van der Waals surface area contributed by atoms with E-state index in [1.54, 1.807) is 0 Å². The molecule has 1 aliphatic rings. The predicted molar refractivity (Wildman–Crippen MR) is 59.3 cm³/mol. The number of hydrogen-bond donors (Lipinski definition) is 2. The van der Waals surface area contributed by atoms with E-state index in [-0.39, 0.29) is 6.04 Å². The van der Waals surface area contributed by atoms with Gasteiger partial charge in [0.1, 0.15) is 0 Å². The van der Waals surface area contributed by atoms with Crippen LogP contribution >= 0.6 is 0 Å². The van der Waals surface area contributed by atoms with E-state index in [1.807, 2.05) is 30.3 Å². The Kier molecular flexibility index (Phi) is 3.10. The molecule has 0 radical (unpaired) electrons. The molecule has 1 heterocycles. The van der Waals surface area contributed by atoms with Crippen LogP contribution in [-0.4, -0.2) is 39.9 Å². The van der Waals surface area contributed by atoms with Crippen LogP contribution in [0.5, 0.6) is 0 Å². The van der Waals surface area contributed by atoms with Gasteiger partial charge < -0.3 is 15.1 Å². The molecule has 1 saturated heterocycles. The van der Waals surface area contributed by atoms with E-state index in [9.17, 15) is 9.90 Å². The van der Waals surface area contributed by atoms with Crippen molar-refractivity contribution in [2.24, 2.45) is 0 Å². The number of benzene rings is 1. The number of likely N-dealkylation sites (tertiary alicyclic amines) is 1. The molecule has 86 valence electrons. The zero-order valence-corrected chi connectivity index (χ0v) is 8.91. The van der Waals surface area contributed by atoms with Gasteiger partial charge in [0.05, 0.1) is 12.1 Å². The number of aliphatic hydroxyl groups is 1. The SMILES string of the molecule is O=C(O)N1CC[C@H](O)C1Cc1ccccc1. The topological polar surface area (TPSA) is 60.8 Å². The summed E-state index contributed by atoms with van der Waals surface area (Å²) in [7, 11) is 0. The van der Waals surface area contributed by atoms with Gasteiger partial charge in [-0.05, 0) is 18.4 Å². The van der Waals surface area contributed by atoms with Crippen molar-refractivity contribution in [1.82, 2.24) is 4.90 Å². The lowest BCUT2D eigenvalue weighted by Crippen LogP contribution is -2.40. The van der Waals surface area contributed by atoms with E-state index in [2.05, 4.69) is 0 Å². The average Bonchev–Trinajstić information content (AvgIpc) is 2.62. The minimum Gasteiger partial charge on any atom is -0.465 e. The second kappa shape index (κ2) is 4.53. The monoisotopic (exact) mass is 221 g/mol. The summed E-state index contributed by atoms with van der Waals surface area (Å²) in [5, 5.41) is 18.8. The lowest BCUT2D eigenvalue weighted by molar-refractivity contribution is 0.100. The number of rotatable bonds is 2. The molecule has 0 spiro atoms. The Morgan fingerprint density at radius 1 is 1.38 bits per heavy atom. The third-order valence-corrected chi connectivity index (χ3v) is 3.04. The van der Waals surface area contributed by atoms with Gasteiger partial charge >= 0.3 is 6.09 Å². The maximum Gasteiger partial charge on any atom is 0.407 e. The van der Waals surface area contributed by atoms with Gasteiger partial charge in [0, 0.05) is 6.54 Å². The van der Waals surface area contributed by atoms with E-state index in [1.165, 1.54) is 4.90 Å². The molecule has 1 fully saturated rings. The zero-order valence-electron chi connectivity index (χ0n) is 8.91. The highest BCUT2D eigenvalue weighted by atomic mass is 16.4. The Balaban J connectivity index is 2.10. The van der Waals surface area contributed by atoms with Gasteiger partial charge in [-0.2, -0.15) is 0 Å². The van der Waals surface area contributed by atoms with Crippen molar-refractivity contribution >= 4 is 6.09 Å². The third kappa shape index (κ3) is 2.17. The summed E-state index contributed by atoms with van der Waals surface area (Å²) in [4.78, 5) is 12.3. The van der Waals surface area contributed by atoms with Crippen LogP contribution in [0.1, 0.15) is 12.0 Å². The first-order valence-corrected chi connectivity index (χ1v) is 5.40. The van der Waals surface area contributed by atoms with Crippen LogP contribution in [0.15, 0.2) is 30.3 Å². The third-order valence-electron chi connectivity index (χ3n) is 3.04. The van der Waals surface area contributed by atoms with E-state index in [4.69, 9.17) is 5.11 Å². The molecule has 1 aromatic rings. The number of amides is 1. The standard InChI is InChI=1S/C12H15NO3/c14-11-6-7-13(12(15)16)10(11)8-9-4-2-1-3-5-9/h1-5,10-11,14H,6-8H2,(H,15,16)/t10?,11-/m0/s1. The fraction of sp³-hybridized carbons (Fsp3) is 0.417. The number of hydrogen-bond acceptors (Lipinski definition) is 2. The largest absolute Gasteiger partial charge is 0.465 e. The molecule has 4 heteroatoms. The molecule has 2 atom stereocenters. The molecule has 1 amide bonds. The van der Waals surface area contributed by atoms with Gasteiger partial charge in [0.15, 0.2) is 0 Å². The molecule has 1 aromatic carbocycles. The molecule has 4 nitrogen and oxygen atoms in total. The Morgan fingerprint density at radius 3 is 2.69 bits per heavy atom. The molecule has 0 aromatic heterocycles. The minimum atomic E-state index is -0.947. The van der Waals surface area contributed by atoms with E-state index >= 15 is 0 Å². The molecule has 2 N–H and O–H groups in total. The normalized spacial score (nSPS) is 24.7. The van der Waals surface area contributed by atoms with Gasteiger partial charge in [-0.25, -0.2) is 4.79 Å². The molecule has 0 saturated carbocycles.